The summed E-state index contributed by atoms with van der Waals surface area (Å²) in [7, 11) is 4.18. The van der Waals surface area contributed by atoms with Crippen LogP contribution in [0.4, 0.5) is 0 Å². The third-order valence-electron chi connectivity index (χ3n) is 3.37. The summed E-state index contributed by atoms with van der Waals surface area (Å²) < 4.78 is 0. The van der Waals surface area contributed by atoms with Crippen molar-refractivity contribution in [1.82, 2.24) is 10.2 Å². The molecule has 1 aromatic carbocycles. The Kier molecular flexibility index (Phi) is 3.69. The molecule has 17 heavy (non-hydrogen) atoms. The number of fused-ring (bicyclic) bond motifs is 1. The summed E-state index contributed by atoms with van der Waals surface area (Å²) in [5.41, 5.74) is 2.40. The van der Waals surface area contributed by atoms with Gasteiger partial charge in [0.1, 0.15) is 5.75 Å². The van der Waals surface area contributed by atoms with Crippen LogP contribution in [0.25, 0.3) is 0 Å². The maximum absolute atomic E-state index is 9.79. The molecule has 0 heterocycles. The highest BCUT2D eigenvalue weighted by molar-refractivity contribution is 5.44. The van der Waals surface area contributed by atoms with Crippen LogP contribution in [-0.4, -0.2) is 36.7 Å². The molecule has 2 rings (SSSR count). The standard InChI is InChI=1S/C14H22N2O/c1-10(9-16(2)3)15-13-8-7-12-11(13)5-4-6-14(12)17/h4-6,10,13,15,17H,7-9H2,1-3H3. The first-order valence-electron chi connectivity index (χ1n) is 6.29. The molecule has 0 fully saturated rings. The molecule has 1 aromatic rings. The number of phenolic OH excluding ortho intramolecular Hbond substituents is 1. The second-order valence-corrected chi connectivity index (χ2v) is 5.27. The molecule has 0 bridgehead atoms. The number of aromatic hydroxyl groups is 1. The Bertz CT molecular complexity index is 390. The highest BCUT2D eigenvalue weighted by atomic mass is 16.3. The summed E-state index contributed by atoms with van der Waals surface area (Å²) in [6.07, 6.45) is 2.07. The maximum Gasteiger partial charge on any atom is 0.119 e. The van der Waals surface area contributed by atoms with E-state index in [-0.39, 0.29) is 0 Å². The molecule has 0 aromatic heterocycles. The topological polar surface area (TPSA) is 35.5 Å². The third-order valence-corrected chi connectivity index (χ3v) is 3.37. The monoisotopic (exact) mass is 234 g/mol. The zero-order chi connectivity index (χ0) is 12.4. The van der Waals surface area contributed by atoms with Gasteiger partial charge < -0.3 is 15.3 Å². The van der Waals surface area contributed by atoms with Gasteiger partial charge in [0, 0.05) is 18.6 Å². The van der Waals surface area contributed by atoms with Crippen molar-refractivity contribution in [3.8, 4) is 5.75 Å². The molecular formula is C14H22N2O. The van der Waals surface area contributed by atoms with Crippen LogP contribution in [0.15, 0.2) is 18.2 Å². The van der Waals surface area contributed by atoms with Gasteiger partial charge in [-0.2, -0.15) is 0 Å². The van der Waals surface area contributed by atoms with Gasteiger partial charge in [-0.1, -0.05) is 12.1 Å². The number of nitrogens with one attached hydrogen (secondary N) is 1. The fourth-order valence-electron chi connectivity index (χ4n) is 2.75. The van der Waals surface area contributed by atoms with Crippen LogP contribution in [-0.2, 0) is 6.42 Å². The normalized spacial score (nSPS) is 20.6. The van der Waals surface area contributed by atoms with E-state index in [9.17, 15) is 5.11 Å². The van der Waals surface area contributed by atoms with E-state index in [1.54, 1.807) is 6.07 Å². The van der Waals surface area contributed by atoms with E-state index in [2.05, 4.69) is 37.3 Å². The zero-order valence-electron chi connectivity index (χ0n) is 10.9. The van der Waals surface area contributed by atoms with Crippen LogP contribution >= 0.6 is 0 Å². The molecule has 0 saturated carbocycles. The van der Waals surface area contributed by atoms with Crippen LogP contribution in [0.2, 0.25) is 0 Å². The van der Waals surface area contributed by atoms with E-state index in [4.69, 9.17) is 0 Å². The molecule has 3 heteroatoms. The quantitative estimate of drug-likeness (QED) is 0.835. The number of hydrogen-bond acceptors (Lipinski definition) is 3. The molecule has 94 valence electrons. The second-order valence-electron chi connectivity index (χ2n) is 5.27. The number of likely N-dealkylation sites (N-methyl/N-ethyl adjacent to an activating group) is 1. The van der Waals surface area contributed by atoms with Crippen molar-refractivity contribution < 1.29 is 5.11 Å². The first-order valence-corrected chi connectivity index (χ1v) is 6.29. The van der Waals surface area contributed by atoms with Crippen molar-refractivity contribution in [2.75, 3.05) is 20.6 Å². The summed E-state index contributed by atoms with van der Waals surface area (Å²) >= 11 is 0. The predicted molar refractivity (Wildman–Crippen MR) is 70.3 cm³/mol. The molecule has 0 radical (unpaired) electrons. The minimum atomic E-state index is 0.395. The first-order chi connectivity index (χ1) is 8.08. The van der Waals surface area contributed by atoms with Gasteiger partial charge in [0.2, 0.25) is 0 Å². The van der Waals surface area contributed by atoms with E-state index >= 15 is 0 Å². The fourth-order valence-corrected chi connectivity index (χ4v) is 2.75. The predicted octanol–water partition coefficient (Wildman–Crippen LogP) is 1.92. The summed E-state index contributed by atoms with van der Waals surface area (Å²) in [4.78, 5) is 2.19. The van der Waals surface area contributed by atoms with Gasteiger partial charge in [-0.05, 0) is 51.1 Å². The number of phenols is 1. The average molecular weight is 234 g/mol. The van der Waals surface area contributed by atoms with Crippen molar-refractivity contribution in [1.29, 1.82) is 0 Å². The average Bonchev–Trinajstić information content (AvgIpc) is 2.62. The second kappa shape index (κ2) is 5.07. The largest absolute Gasteiger partial charge is 0.508 e. The lowest BCUT2D eigenvalue weighted by molar-refractivity contribution is 0.328. The highest BCUT2D eigenvalue weighted by Gasteiger charge is 2.25. The smallest absolute Gasteiger partial charge is 0.119 e. The minimum Gasteiger partial charge on any atom is -0.508 e. The van der Waals surface area contributed by atoms with E-state index in [0.717, 1.165) is 24.9 Å². The number of benzene rings is 1. The van der Waals surface area contributed by atoms with Gasteiger partial charge in [-0.15, -0.1) is 0 Å². The first kappa shape index (κ1) is 12.4. The van der Waals surface area contributed by atoms with Gasteiger partial charge in [0.05, 0.1) is 0 Å². The molecule has 2 unspecified atom stereocenters. The number of hydrogen-bond donors (Lipinski definition) is 2. The third kappa shape index (κ3) is 2.79. The van der Waals surface area contributed by atoms with Crippen molar-refractivity contribution in [2.24, 2.45) is 0 Å². The molecule has 2 atom stereocenters. The molecule has 2 N–H and O–H groups in total. The molecule has 3 nitrogen and oxygen atoms in total. The number of rotatable bonds is 4. The van der Waals surface area contributed by atoms with Crippen LogP contribution in [0.3, 0.4) is 0 Å². The van der Waals surface area contributed by atoms with Crippen LogP contribution in [0.5, 0.6) is 5.75 Å². The van der Waals surface area contributed by atoms with E-state index in [1.807, 2.05) is 6.07 Å². The van der Waals surface area contributed by atoms with Crippen molar-refractivity contribution in [3.05, 3.63) is 29.3 Å². The van der Waals surface area contributed by atoms with E-state index in [0.29, 0.717) is 17.8 Å². The molecule has 1 aliphatic rings. The van der Waals surface area contributed by atoms with Gasteiger partial charge >= 0.3 is 0 Å². The lowest BCUT2D eigenvalue weighted by Crippen LogP contribution is -2.37. The molecule has 0 spiro atoms. The van der Waals surface area contributed by atoms with Gasteiger partial charge in [0.15, 0.2) is 0 Å². The molecule has 0 saturated heterocycles. The van der Waals surface area contributed by atoms with E-state index < -0.39 is 0 Å². The Morgan fingerprint density at radius 1 is 1.47 bits per heavy atom. The Labute approximate surface area is 103 Å². The SMILES string of the molecule is CC(CN(C)C)NC1CCc2c(O)cccc21. The molecule has 1 aliphatic carbocycles. The summed E-state index contributed by atoms with van der Waals surface area (Å²) in [5.74, 6) is 0.451. The van der Waals surface area contributed by atoms with Crippen molar-refractivity contribution in [2.45, 2.75) is 31.8 Å². The molecular weight excluding hydrogens is 212 g/mol. The van der Waals surface area contributed by atoms with Gasteiger partial charge in [-0.25, -0.2) is 0 Å². The van der Waals surface area contributed by atoms with Crippen molar-refractivity contribution >= 4 is 0 Å². The zero-order valence-corrected chi connectivity index (χ0v) is 10.9. The fraction of sp³-hybridized carbons (Fsp3) is 0.571. The summed E-state index contributed by atoms with van der Waals surface area (Å²) in [6, 6.07) is 6.70. The van der Waals surface area contributed by atoms with Crippen LogP contribution < -0.4 is 5.32 Å². The van der Waals surface area contributed by atoms with Gasteiger partial charge in [0.25, 0.3) is 0 Å². The Hall–Kier alpha value is -1.06. The Morgan fingerprint density at radius 2 is 2.24 bits per heavy atom. The van der Waals surface area contributed by atoms with E-state index in [1.165, 1.54) is 5.56 Å². The molecule has 0 amide bonds. The Balaban J connectivity index is 2.05. The Morgan fingerprint density at radius 3 is 2.94 bits per heavy atom. The minimum absolute atomic E-state index is 0.395. The maximum atomic E-state index is 9.79. The molecule has 0 aliphatic heterocycles. The van der Waals surface area contributed by atoms with Crippen LogP contribution in [0, 0.1) is 0 Å². The lowest BCUT2D eigenvalue weighted by Gasteiger charge is -2.23. The highest BCUT2D eigenvalue weighted by Crippen LogP contribution is 2.36. The van der Waals surface area contributed by atoms with Crippen molar-refractivity contribution in [3.63, 3.8) is 0 Å². The number of nitrogens with zero attached hydrogens (tertiary/aromatic N) is 1. The lowest BCUT2D eigenvalue weighted by atomic mass is 10.1. The summed E-state index contributed by atoms with van der Waals surface area (Å²) in [6.45, 7) is 3.24. The summed E-state index contributed by atoms with van der Waals surface area (Å²) in [5, 5.41) is 13.4. The van der Waals surface area contributed by atoms with Crippen LogP contribution in [0.1, 0.15) is 30.5 Å². The van der Waals surface area contributed by atoms with Gasteiger partial charge in [-0.3, -0.25) is 0 Å².